The minimum atomic E-state index is -2.92. The average Bonchev–Trinajstić information content (AvgIpc) is 2.76. The number of hydrogen-bond donors (Lipinski definition) is 1. The molecule has 1 aliphatic rings. The van der Waals surface area contributed by atoms with E-state index in [1.165, 1.54) is 0 Å². The van der Waals surface area contributed by atoms with Crippen LogP contribution in [0.25, 0.3) is 0 Å². The van der Waals surface area contributed by atoms with E-state index in [4.69, 9.17) is 0 Å². The number of benzene rings is 1. The van der Waals surface area contributed by atoms with Crippen LogP contribution in [0.15, 0.2) is 12.1 Å². The van der Waals surface area contributed by atoms with E-state index in [2.05, 4.69) is 12.2 Å². The first-order valence-electron chi connectivity index (χ1n) is 7.54. The lowest BCUT2D eigenvalue weighted by atomic mass is 9.90. The molecule has 0 saturated carbocycles. The zero-order chi connectivity index (χ0) is 15.6. The number of aryl methyl sites for hydroxylation is 2. The van der Waals surface area contributed by atoms with Gasteiger partial charge in [0.05, 0.1) is 11.5 Å². The van der Waals surface area contributed by atoms with Gasteiger partial charge in [-0.3, -0.25) is 0 Å². The van der Waals surface area contributed by atoms with Gasteiger partial charge >= 0.3 is 0 Å². The van der Waals surface area contributed by atoms with Crippen molar-refractivity contribution in [2.45, 2.75) is 39.7 Å². The third-order valence-corrected chi connectivity index (χ3v) is 5.96. The number of rotatable bonds is 5. The standard InChI is InChI=1S/C16H24FNO2S/c1-4-6-18-16(13-5-7-21(19,20)10-13)14-8-11(2)15(17)12(3)9-14/h8-9,13,16,18H,4-7,10H2,1-3H3. The van der Waals surface area contributed by atoms with E-state index in [-0.39, 0.29) is 29.3 Å². The van der Waals surface area contributed by atoms with Crippen LogP contribution in [-0.2, 0) is 9.84 Å². The highest BCUT2D eigenvalue weighted by Crippen LogP contribution is 2.33. The van der Waals surface area contributed by atoms with Crippen LogP contribution in [0.5, 0.6) is 0 Å². The summed E-state index contributed by atoms with van der Waals surface area (Å²) in [4.78, 5) is 0. The number of nitrogens with one attached hydrogen (secondary N) is 1. The fraction of sp³-hybridized carbons (Fsp3) is 0.625. The Morgan fingerprint density at radius 3 is 2.43 bits per heavy atom. The molecule has 1 aromatic carbocycles. The van der Waals surface area contributed by atoms with Crippen molar-refractivity contribution < 1.29 is 12.8 Å². The van der Waals surface area contributed by atoms with Crippen molar-refractivity contribution in [2.75, 3.05) is 18.1 Å². The van der Waals surface area contributed by atoms with Gasteiger partial charge in [-0.05, 0) is 55.8 Å². The van der Waals surface area contributed by atoms with Gasteiger partial charge in [0.15, 0.2) is 9.84 Å². The fourth-order valence-corrected chi connectivity index (χ4v) is 4.94. The molecule has 0 aliphatic carbocycles. The summed E-state index contributed by atoms with van der Waals surface area (Å²) in [7, 11) is -2.92. The molecule has 1 heterocycles. The second-order valence-corrected chi connectivity index (χ2v) is 8.29. The van der Waals surface area contributed by atoms with Crippen LogP contribution in [0.1, 0.15) is 42.5 Å². The van der Waals surface area contributed by atoms with Crippen LogP contribution in [0.3, 0.4) is 0 Å². The second kappa shape index (κ2) is 6.44. The van der Waals surface area contributed by atoms with Gasteiger partial charge in [0, 0.05) is 6.04 Å². The third-order valence-electron chi connectivity index (χ3n) is 4.17. The van der Waals surface area contributed by atoms with Gasteiger partial charge in [-0.15, -0.1) is 0 Å². The SMILES string of the molecule is CCCNC(c1cc(C)c(F)c(C)c1)C1CCS(=O)(=O)C1. The third kappa shape index (κ3) is 3.83. The quantitative estimate of drug-likeness (QED) is 0.909. The lowest BCUT2D eigenvalue weighted by Crippen LogP contribution is -2.30. The van der Waals surface area contributed by atoms with Crippen molar-refractivity contribution >= 4 is 9.84 Å². The molecule has 3 nitrogen and oxygen atoms in total. The molecule has 0 amide bonds. The van der Waals surface area contributed by atoms with E-state index >= 15 is 0 Å². The minimum Gasteiger partial charge on any atom is -0.310 e. The minimum absolute atomic E-state index is 0.0137. The Balaban J connectivity index is 2.32. The van der Waals surface area contributed by atoms with Crippen LogP contribution >= 0.6 is 0 Å². The van der Waals surface area contributed by atoms with Crippen molar-refractivity contribution in [2.24, 2.45) is 5.92 Å². The van der Waals surface area contributed by atoms with Crippen molar-refractivity contribution in [3.8, 4) is 0 Å². The van der Waals surface area contributed by atoms with Crippen LogP contribution in [0, 0.1) is 25.6 Å². The van der Waals surface area contributed by atoms with Crippen molar-refractivity contribution in [1.29, 1.82) is 0 Å². The highest BCUT2D eigenvalue weighted by Gasteiger charge is 2.34. The van der Waals surface area contributed by atoms with Gasteiger partial charge in [0.25, 0.3) is 0 Å². The summed E-state index contributed by atoms with van der Waals surface area (Å²) in [5.74, 6) is 0.392. The lowest BCUT2D eigenvalue weighted by Gasteiger charge is -2.25. The van der Waals surface area contributed by atoms with E-state index in [0.717, 1.165) is 18.5 Å². The molecule has 0 spiro atoms. The van der Waals surface area contributed by atoms with E-state index in [1.54, 1.807) is 13.8 Å². The largest absolute Gasteiger partial charge is 0.310 e. The van der Waals surface area contributed by atoms with Gasteiger partial charge in [0.2, 0.25) is 0 Å². The first kappa shape index (κ1) is 16.4. The van der Waals surface area contributed by atoms with Gasteiger partial charge < -0.3 is 5.32 Å². The molecule has 5 heteroatoms. The molecule has 118 valence electrons. The molecule has 0 radical (unpaired) electrons. The topological polar surface area (TPSA) is 46.2 Å². The molecule has 1 fully saturated rings. The molecule has 2 rings (SSSR count). The Bertz CT molecular complexity index is 590. The predicted octanol–water partition coefficient (Wildman–Crippen LogP) is 2.92. The van der Waals surface area contributed by atoms with Crippen molar-refractivity contribution in [3.05, 3.63) is 34.6 Å². The summed E-state index contributed by atoms with van der Waals surface area (Å²) in [5, 5.41) is 3.45. The zero-order valence-electron chi connectivity index (χ0n) is 12.9. The maximum atomic E-state index is 13.8. The van der Waals surface area contributed by atoms with Crippen molar-refractivity contribution in [1.82, 2.24) is 5.32 Å². The van der Waals surface area contributed by atoms with E-state index in [9.17, 15) is 12.8 Å². The highest BCUT2D eigenvalue weighted by molar-refractivity contribution is 7.91. The van der Waals surface area contributed by atoms with Crippen molar-refractivity contribution in [3.63, 3.8) is 0 Å². The van der Waals surface area contributed by atoms with Crippen LogP contribution in [0.4, 0.5) is 4.39 Å². The number of halogens is 1. The zero-order valence-corrected chi connectivity index (χ0v) is 13.8. The Labute approximate surface area is 126 Å². The molecule has 2 unspecified atom stereocenters. The maximum Gasteiger partial charge on any atom is 0.150 e. The van der Waals surface area contributed by atoms with Gasteiger partial charge in [-0.1, -0.05) is 19.1 Å². The molecular formula is C16H24FNO2S. The Morgan fingerprint density at radius 2 is 1.95 bits per heavy atom. The predicted molar refractivity (Wildman–Crippen MR) is 83.7 cm³/mol. The summed E-state index contributed by atoms with van der Waals surface area (Å²) in [6, 6.07) is 3.68. The fourth-order valence-electron chi connectivity index (χ4n) is 3.10. The van der Waals surface area contributed by atoms with E-state index < -0.39 is 9.84 Å². The molecule has 1 saturated heterocycles. The summed E-state index contributed by atoms with van der Waals surface area (Å²) in [5.41, 5.74) is 2.24. The highest BCUT2D eigenvalue weighted by atomic mass is 32.2. The Morgan fingerprint density at radius 1 is 1.33 bits per heavy atom. The molecular weight excluding hydrogens is 289 g/mol. The normalized spacial score (nSPS) is 22.4. The molecule has 1 N–H and O–H groups in total. The summed E-state index contributed by atoms with van der Waals surface area (Å²) < 4.78 is 37.3. The first-order valence-corrected chi connectivity index (χ1v) is 9.36. The van der Waals surface area contributed by atoms with Gasteiger partial charge in [-0.2, -0.15) is 0 Å². The number of hydrogen-bond acceptors (Lipinski definition) is 3. The Kier molecular flexibility index (Phi) is 5.04. The molecule has 1 aromatic rings. The van der Waals surface area contributed by atoms with Crippen LogP contribution in [-0.4, -0.2) is 26.5 Å². The van der Waals surface area contributed by atoms with Gasteiger partial charge in [0.1, 0.15) is 5.82 Å². The smallest absolute Gasteiger partial charge is 0.150 e. The molecule has 0 bridgehead atoms. The first-order chi connectivity index (χ1) is 9.84. The van der Waals surface area contributed by atoms with E-state index in [0.29, 0.717) is 17.5 Å². The Hall–Kier alpha value is -0.940. The molecule has 21 heavy (non-hydrogen) atoms. The summed E-state index contributed by atoms with van der Waals surface area (Å²) >= 11 is 0. The lowest BCUT2D eigenvalue weighted by molar-refractivity contribution is 0.392. The van der Waals surface area contributed by atoms with Gasteiger partial charge in [-0.25, -0.2) is 12.8 Å². The average molecular weight is 313 g/mol. The van der Waals surface area contributed by atoms with Crippen LogP contribution in [0.2, 0.25) is 0 Å². The summed E-state index contributed by atoms with van der Waals surface area (Å²) in [6.45, 7) is 6.43. The van der Waals surface area contributed by atoms with E-state index in [1.807, 2.05) is 12.1 Å². The maximum absolute atomic E-state index is 13.8. The van der Waals surface area contributed by atoms with Crippen LogP contribution < -0.4 is 5.32 Å². The molecule has 0 aromatic heterocycles. The monoisotopic (exact) mass is 313 g/mol. The molecule has 2 atom stereocenters. The second-order valence-electron chi connectivity index (χ2n) is 6.06. The summed E-state index contributed by atoms with van der Waals surface area (Å²) in [6.07, 6.45) is 1.66. The number of sulfone groups is 1. The molecule has 1 aliphatic heterocycles.